The van der Waals surface area contributed by atoms with Crippen LogP contribution in [0.15, 0.2) is 42.5 Å². The molecule has 0 atom stereocenters. The van der Waals surface area contributed by atoms with Crippen molar-refractivity contribution in [3.05, 3.63) is 63.7 Å². The van der Waals surface area contributed by atoms with E-state index in [1.54, 1.807) is 0 Å². The number of nitro groups is 1. The number of nitro benzene ring substituents is 1. The minimum Gasteiger partial charge on any atom is -0.504 e. The molecule has 2 N–H and O–H groups in total. The van der Waals surface area contributed by atoms with Crippen LogP contribution < -0.4 is 4.74 Å². The van der Waals surface area contributed by atoms with Crippen LogP contribution in [0.1, 0.15) is 15.9 Å². The maximum atomic E-state index is 12.0. The van der Waals surface area contributed by atoms with Crippen molar-refractivity contribution in [1.82, 2.24) is 0 Å². The van der Waals surface area contributed by atoms with Gasteiger partial charge in [0, 0.05) is 17.7 Å². The molecular formula is C16H13NO6. The van der Waals surface area contributed by atoms with Crippen LogP contribution in [0.4, 0.5) is 5.69 Å². The number of ether oxygens (including phenoxy) is 1. The van der Waals surface area contributed by atoms with E-state index in [1.165, 1.54) is 55.7 Å². The number of nitrogens with zero attached hydrogens (tertiary/aromatic N) is 1. The molecule has 0 radical (unpaired) electrons. The molecule has 7 nitrogen and oxygen atoms in total. The van der Waals surface area contributed by atoms with Gasteiger partial charge in [-0.25, -0.2) is 0 Å². The molecule has 0 aromatic heterocycles. The highest BCUT2D eigenvalue weighted by molar-refractivity contribution is 6.07. The van der Waals surface area contributed by atoms with Crippen molar-refractivity contribution in [2.45, 2.75) is 0 Å². The van der Waals surface area contributed by atoms with E-state index in [0.717, 1.165) is 0 Å². The van der Waals surface area contributed by atoms with Gasteiger partial charge in [0.2, 0.25) is 5.75 Å². The molecule has 0 spiro atoms. The molecule has 118 valence electrons. The molecule has 0 saturated heterocycles. The monoisotopic (exact) mass is 315 g/mol. The van der Waals surface area contributed by atoms with Crippen LogP contribution in [0.5, 0.6) is 17.2 Å². The minimum absolute atomic E-state index is 0.0625. The van der Waals surface area contributed by atoms with Gasteiger partial charge in [-0.2, -0.15) is 0 Å². The first-order chi connectivity index (χ1) is 10.9. The summed E-state index contributed by atoms with van der Waals surface area (Å²) in [6.45, 7) is 0. The Morgan fingerprint density at radius 2 is 2.00 bits per heavy atom. The Morgan fingerprint density at radius 1 is 1.26 bits per heavy atom. The molecule has 0 heterocycles. The lowest BCUT2D eigenvalue weighted by Crippen LogP contribution is -1.96. The Hall–Kier alpha value is -3.35. The highest BCUT2D eigenvalue weighted by Gasteiger charge is 2.11. The fourth-order valence-electron chi connectivity index (χ4n) is 1.91. The summed E-state index contributed by atoms with van der Waals surface area (Å²) in [7, 11) is 1.33. The predicted octanol–water partition coefficient (Wildman–Crippen LogP) is 2.91. The quantitative estimate of drug-likeness (QED) is 0.288. The first kappa shape index (κ1) is 16.0. The number of carbonyl (C=O) groups is 1. The van der Waals surface area contributed by atoms with Crippen LogP contribution in [0.25, 0.3) is 6.08 Å². The van der Waals surface area contributed by atoms with E-state index in [-0.39, 0.29) is 22.7 Å². The molecule has 23 heavy (non-hydrogen) atoms. The molecule has 2 aromatic rings. The summed E-state index contributed by atoms with van der Waals surface area (Å²) in [6, 6.07) is 8.06. The summed E-state index contributed by atoms with van der Waals surface area (Å²) in [4.78, 5) is 22.2. The standard InChI is InChI=1S/C16H13NO6/c1-23-15-8-10(7-14(19)16(15)20)5-6-13(18)11-3-2-4-12(9-11)17(21)22/h2-9,19-20H,1H3/b6-5+. The fraction of sp³-hybridized carbons (Fsp3) is 0.0625. The van der Waals surface area contributed by atoms with Crippen molar-refractivity contribution in [2.75, 3.05) is 7.11 Å². The van der Waals surface area contributed by atoms with Crippen LogP contribution in [0.3, 0.4) is 0 Å². The Labute approximate surface area is 131 Å². The van der Waals surface area contributed by atoms with Crippen molar-refractivity contribution >= 4 is 17.5 Å². The first-order valence-electron chi connectivity index (χ1n) is 6.49. The highest BCUT2D eigenvalue weighted by atomic mass is 16.6. The lowest BCUT2D eigenvalue weighted by Gasteiger charge is -2.06. The molecule has 0 aliphatic rings. The van der Waals surface area contributed by atoms with Gasteiger partial charge < -0.3 is 14.9 Å². The van der Waals surface area contributed by atoms with Gasteiger partial charge in [0.25, 0.3) is 5.69 Å². The van der Waals surface area contributed by atoms with E-state index >= 15 is 0 Å². The second-order valence-corrected chi connectivity index (χ2v) is 4.60. The minimum atomic E-state index is -0.580. The zero-order valence-electron chi connectivity index (χ0n) is 12.1. The number of phenolic OH excluding ortho intramolecular Hbond substituents is 2. The summed E-state index contributed by atoms with van der Waals surface area (Å²) < 4.78 is 4.90. The van der Waals surface area contributed by atoms with Gasteiger partial charge >= 0.3 is 0 Å². The van der Waals surface area contributed by atoms with Crippen LogP contribution >= 0.6 is 0 Å². The summed E-state index contributed by atoms with van der Waals surface area (Å²) in [5.41, 5.74) is 0.426. The number of methoxy groups -OCH3 is 1. The smallest absolute Gasteiger partial charge is 0.270 e. The van der Waals surface area contributed by atoms with E-state index in [0.29, 0.717) is 5.56 Å². The van der Waals surface area contributed by atoms with Crippen molar-refractivity contribution in [2.24, 2.45) is 0 Å². The average Bonchev–Trinajstić information content (AvgIpc) is 2.55. The van der Waals surface area contributed by atoms with Crippen molar-refractivity contribution in [1.29, 1.82) is 0 Å². The van der Waals surface area contributed by atoms with E-state index in [1.807, 2.05) is 0 Å². The summed E-state index contributed by atoms with van der Waals surface area (Å²) in [5.74, 6) is -1.14. The summed E-state index contributed by atoms with van der Waals surface area (Å²) >= 11 is 0. The van der Waals surface area contributed by atoms with Gasteiger partial charge in [-0.1, -0.05) is 18.2 Å². The molecule has 0 bridgehead atoms. The third-order valence-electron chi connectivity index (χ3n) is 3.07. The predicted molar refractivity (Wildman–Crippen MR) is 82.8 cm³/mol. The third kappa shape index (κ3) is 3.65. The van der Waals surface area contributed by atoms with Crippen LogP contribution in [-0.2, 0) is 0 Å². The van der Waals surface area contributed by atoms with E-state index < -0.39 is 16.5 Å². The molecule has 2 aromatic carbocycles. The zero-order valence-corrected chi connectivity index (χ0v) is 12.1. The maximum absolute atomic E-state index is 12.0. The number of carbonyl (C=O) groups excluding carboxylic acids is 1. The molecule has 2 rings (SSSR count). The molecule has 0 unspecified atom stereocenters. The van der Waals surface area contributed by atoms with E-state index in [2.05, 4.69) is 0 Å². The Balaban J connectivity index is 2.26. The summed E-state index contributed by atoms with van der Waals surface area (Å²) in [5, 5.41) is 29.8. The Morgan fingerprint density at radius 3 is 2.65 bits per heavy atom. The van der Waals surface area contributed by atoms with Gasteiger partial charge in [-0.3, -0.25) is 14.9 Å². The van der Waals surface area contributed by atoms with Crippen LogP contribution in [-0.4, -0.2) is 28.0 Å². The topological polar surface area (TPSA) is 110 Å². The van der Waals surface area contributed by atoms with Crippen molar-refractivity contribution < 1.29 is 24.7 Å². The zero-order chi connectivity index (χ0) is 17.0. The second-order valence-electron chi connectivity index (χ2n) is 4.60. The molecule has 0 aliphatic heterocycles. The number of aromatic hydroxyl groups is 2. The first-order valence-corrected chi connectivity index (χ1v) is 6.49. The van der Waals surface area contributed by atoms with E-state index in [9.17, 15) is 25.1 Å². The van der Waals surface area contributed by atoms with Crippen molar-refractivity contribution in [3.63, 3.8) is 0 Å². The van der Waals surface area contributed by atoms with Crippen LogP contribution in [0.2, 0.25) is 0 Å². The fourth-order valence-corrected chi connectivity index (χ4v) is 1.91. The number of benzene rings is 2. The number of phenols is 2. The molecule has 0 amide bonds. The third-order valence-corrected chi connectivity index (χ3v) is 3.07. The van der Waals surface area contributed by atoms with Gasteiger partial charge in [0.1, 0.15) is 0 Å². The van der Waals surface area contributed by atoms with Gasteiger partial charge in [-0.05, 0) is 23.8 Å². The van der Waals surface area contributed by atoms with Crippen LogP contribution in [0, 0.1) is 10.1 Å². The van der Waals surface area contributed by atoms with Crippen molar-refractivity contribution in [3.8, 4) is 17.2 Å². The molecular weight excluding hydrogens is 302 g/mol. The summed E-state index contributed by atoms with van der Waals surface area (Å²) in [6.07, 6.45) is 2.62. The number of rotatable bonds is 5. The normalized spacial score (nSPS) is 10.7. The number of hydrogen-bond acceptors (Lipinski definition) is 6. The molecule has 7 heteroatoms. The SMILES string of the molecule is COc1cc(/C=C/C(=O)c2cccc([N+](=O)[O-])c2)cc(O)c1O. The number of ketones is 1. The van der Waals surface area contributed by atoms with Gasteiger partial charge in [0.05, 0.1) is 12.0 Å². The molecule has 0 fully saturated rings. The average molecular weight is 315 g/mol. The Kier molecular flexibility index (Phi) is 4.61. The second kappa shape index (κ2) is 6.61. The number of non-ortho nitro benzene ring substituents is 1. The number of hydrogen-bond donors (Lipinski definition) is 2. The lowest BCUT2D eigenvalue weighted by atomic mass is 10.1. The maximum Gasteiger partial charge on any atom is 0.270 e. The van der Waals surface area contributed by atoms with Gasteiger partial charge in [0.15, 0.2) is 17.3 Å². The molecule has 0 saturated carbocycles. The Bertz CT molecular complexity index is 797. The van der Waals surface area contributed by atoms with E-state index in [4.69, 9.17) is 4.74 Å². The largest absolute Gasteiger partial charge is 0.504 e. The highest BCUT2D eigenvalue weighted by Crippen LogP contribution is 2.36. The van der Waals surface area contributed by atoms with Gasteiger partial charge in [-0.15, -0.1) is 0 Å². The lowest BCUT2D eigenvalue weighted by molar-refractivity contribution is -0.384. The number of allylic oxidation sites excluding steroid dienone is 1. The molecule has 0 aliphatic carbocycles.